The first-order chi connectivity index (χ1) is 11.6. The molecule has 2 aromatic rings. The van der Waals surface area contributed by atoms with Crippen molar-refractivity contribution in [2.75, 3.05) is 36.5 Å². The third kappa shape index (κ3) is 3.89. The lowest BCUT2D eigenvalue weighted by Crippen LogP contribution is -2.37. The quantitative estimate of drug-likeness (QED) is 0.935. The van der Waals surface area contributed by atoms with Gasteiger partial charge in [-0.1, -0.05) is 26.0 Å². The molecule has 1 saturated heterocycles. The van der Waals surface area contributed by atoms with Gasteiger partial charge in [-0.15, -0.1) is 0 Å². The molecule has 2 heterocycles. The van der Waals surface area contributed by atoms with Gasteiger partial charge in [-0.05, 0) is 23.6 Å². The first kappa shape index (κ1) is 16.4. The van der Waals surface area contributed by atoms with Crippen molar-refractivity contribution in [2.45, 2.75) is 19.8 Å². The number of carbonyl (C=O) groups excluding carboxylic acids is 1. The molecule has 3 rings (SSSR count). The van der Waals surface area contributed by atoms with Gasteiger partial charge < -0.3 is 15.0 Å². The van der Waals surface area contributed by atoms with Crippen LogP contribution in [0.5, 0.6) is 0 Å². The lowest BCUT2D eigenvalue weighted by molar-refractivity contribution is 0.102. The van der Waals surface area contributed by atoms with E-state index in [1.165, 1.54) is 11.9 Å². The normalized spacial score (nSPS) is 14.7. The molecule has 1 aliphatic rings. The minimum Gasteiger partial charge on any atom is -0.378 e. The molecule has 0 radical (unpaired) electrons. The van der Waals surface area contributed by atoms with Crippen molar-refractivity contribution in [2.24, 2.45) is 0 Å². The predicted octanol–water partition coefficient (Wildman–Crippen LogP) is 2.69. The second kappa shape index (κ2) is 7.40. The second-order valence-electron chi connectivity index (χ2n) is 6.09. The number of nitrogens with one attached hydrogen (secondary N) is 1. The molecule has 0 atom stereocenters. The molecular weight excluding hydrogens is 304 g/mol. The summed E-state index contributed by atoms with van der Waals surface area (Å²) in [6.45, 7) is 7.17. The molecule has 126 valence electrons. The number of hydrogen-bond acceptors (Lipinski definition) is 5. The van der Waals surface area contributed by atoms with Crippen LogP contribution in [0.2, 0.25) is 0 Å². The first-order valence-corrected chi connectivity index (χ1v) is 8.19. The Kier molecular flexibility index (Phi) is 5.05. The number of morpholine rings is 1. The van der Waals surface area contributed by atoms with Crippen LogP contribution in [0, 0.1) is 0 Å². The predicted molar refractivity (Wildman–Crippen MR) is 93.5 cm³/mol. The highest BCUT2D eigenvalue weighted by Gasteiger charge is 2.15. The summed E-state index contributed by atoms with van der Waals surface area (Å²) in [5, 5.41) is 2.88. The number of anilines is 2. The summed E-state index contributed by atoms with van der Waals surface area (Å²) in [6, 6.07) is 9.61. The molecule has 1 aromatic heterocycles. The largest absolute Gasteiger partial charge is 0.378 e. The van der Waals surface area contributed by atoms with Gasteiger partial charge in [0.2, 0.25) is 0 Å². The van der Waals surface area contributed by atoms with Gasteiger partial charge in [-0.25, -0.2) is 9.97 Å². The van der Waals surface area contributed by atoms with Gasteiger partial charge in [0.15, 0.2) is 0 Å². The maximum Gasteiger partial charge on any atom is 0.274 e. The van der Waals surface area contributed by atoms with Gasteiger partial charge in [0.1, 0.15) is 17.8 Å². The van der Waals surface area contributed by atoms with E-state index < -0.39 is 0 Å². The summed E-state index contributed by atoms with van der Waals surface area (Å²) in [4.78, 5) is 22.9. The number of amides is 1. The third-order valence-corrected chi connectivity index (χ3v) is 4.06. The second-order valence-corrected chi connectivity index (χ2v) is 6.09. The molecule has 6 nitrogen and oxygen atoms in total. The SMILES string of the molecule is CC(C)c1ccc(NC(=O)c2cc(N3CCOCC3)ncn2)cc1. The fourth-order valence-corrected chi connectivity index (χ4v) is 2.58. The Bertz CT molecular complexity index is 694. The Balaban J connectivity index is 1.70. The Hall–Kier alpha value is -2.47. The summed E-state index contributed by atoms with van der Waals surface area (Å²) >= 11 is 0. The Morgan fingerprint density at radius 2 is 1.88 bits per heavy atom. The van der Waals surface area contributed by atoms with Crippen LogP contribution < -0.4 is 10.2 Å². The van der Waals surface area contributed by atoms with E-state index in [2.05, 4.69) is 34.0 Å². The molecule has 0 spiro atoms. The Morgan fingerprint density at radius 1 is 1.17 bits per heavy atom. The van der Waals surface area contributed by atoms with E-state index in [4.69, 9.17) is 4.74 Å². The zero-order valence-corrected chi connectivity index (χ0v) is 14.0. The molecule has 0 saturated carbocycles. The summed E-state index contributed by atoms with van der Waals surface area (Å²) in [6.07, 6.45) is 1.43. The van der Waals surface area contributed by atoms with E-state index in [-0.39, 0.29) is 5.91 Å². The maximum absolute atomic E-state index is 12.4. The zero-order valence-electron chi connectivity index (χ0n) is 14.0. The van der Waals surface area contributed by atoms with Crippen LogP contribution >= 0.6 is 0 Å². The Morgan fingerprint density at radius 3 is 2.54 bits per heavy atom. The molecule has 6 heteroatoms. The van der Waals surface area contributed by atoms with Crippen molar-refractivity contribution in [3.63, 3.8) is 0 Å². The van der Waals surface area contributed by atoms with Crippen molar-refractivity contribution in [3.8, 4) is 0 Å². The highest BCUT2D eigenvalue weighted by molar-refractivity contribution is 6.03. The lowest BCUT2D eigenvalue weighted by atomic mass is 10.0. The minimum absolute atomic E-state index is 0.232. The van der Waals surface area contributed by atoms with E-state index in [1.54, 1.807) is 6.07 Å². The number of benzene rings is 1. The summed E-state index contributed by atoms with van der Waals surface area (Å²) in [5.74, 6) is 0.991. The fourth-order valence-electron chi connectivity index (χ4n) is 2.58. The third-order valence-electron chi connectivity index (χ3n) is 4.06. The number of hydrogen-bond donors (Lipinski definition) is 1. The highest BCUT2D eigenvalue weighted by Crippen LogP contribution is 2.18. The van der Waals surface area contributed by atoms with Crippen LogP contribution in [0.3, 0.4) is 0 Å². The van der Waals surface area contributed by atoms with Crippen molar-refractivity contribution >= 4 is 17.4 Å². The van der Waals surface area contributed by atoms with Gasteiger partial charge >= 0.3 is 0 Å². The van der Waals surface area contributed by atoms with Crippen LogP contribution in [0.1, 0.15) is 35.8 Å². The van der Waals surface area contributed by atoms with Crippen molar-refractivity contribution < 1.29 is 9.53 Å². The van der Waals surface area contributed by atoms with Gasteiger partial charge in [-0.2, -0.15) is 0 Å². The van der Waals surface area contributed by atoms with Crippen LogP contribution in [0.25, 0.3) is 0 Å². The fraction of sp³-hybridized carbons (Fsp3) is 0.389. The standard InChI is InChI=1S/C18H22N4O2/c1-13(2)14-3-5-15(6-4-14)21-18(23)16-11-17(20-12-19-16)22-7-9-24-10-8-22/h3-6,11-13H,7-10H2,1-2H3,(H,21,23). The van der Waals surface area contributed by atoms with E-state index in [9.17, 15) is 4.79 Å². The van der Waals surface area contributed by atoms with E-state index in [0.29, 0.717) is 24.8 Å². The number of carbonyl (C=O) groups is 1. The molecule has 0 unspecified atom stereocenters. The molecule has 1 amide bonds. The molecule has 1 N–H and O–H groups in total. The van der Waals surface area contributed by atoms with Gasteiger partial charge in [0.05, 0.1) is 13.2 Å². The highest BCUT2D eigenvalue weighted by atomic mass is 16.5. The van der Waals surface area contributed by atoms with E-state index in [0.717, 1.165) is 24.6 Å². The van der Waals surface area contributed by atoms with Gasteiger partial charge in [-0.3, -0.25) is 4.79 Å². The van der Waals surface area contributed by atoms with Gasteiger partial charge in [0, 0.05) is 24.8 Å². The molecule has 24 heavy (non-hydrogen) atoms. The van der Waals surface area contributed by atoms with Gasteiger partial charge in [0.25, 0.3) is 5.91 Å². The monoisotopic (exact) mass is 326 g/mol. The molecule has 1 fully saturated rings. The average Bonchev–Trinajstić information content (AvgIpc) is 2.63. The van der Waals surface area contributed by atoms with Crippen LogP contribution in [0.4, 0.5) is 11.5 Å². The summed E-state index contributed by atoms with van der Waals surface area (Å²) in [7, 11) is 0. The van der Waals surface area contributed by atoms with Crippen LogP contribution in [0.15, 0.2) is 36.7 Å². The Labute approximate surface area is 141 Å². The molecule has 1 aliphatic heterocycles. The summed E-state index contributed by atoms with van der Waals surface area (Å²) in [5.41, 5.74) is 2.36. The maximum atomic E-state index is 12.4. The number of nitrogens with zero attached hydrogens (tertiary/aromatic N) is 3. The van der Waals surface area contributed by atoms with Crippen LogP contribution in [-0.2, 0) is 4.74 Å². The zero-order chi connectivity index (χ0) is 16.9. The van der Waals surface area contributed by atoms with E-state index in [1.807, 2.05) is 24.3 Å². The first-order valence-electron chi connectivity index (χ1n) is 8.19. The summed E-state index contributed by atoms with van der Waals surface area (Å²) < 4.78 is 5.34. The topological polar surface area (TPSA) is 67.4 Å². The minimum atomic E-state index is -0.232. The number of rotatable bonds is 4. The van der Waals surface area contributed by atoms with Crippen molar-refractivity contribution in [1.82, 2.24) is 9.97 Å². The smallest absolute Gasteiger partial charge is 0.274 e. The van der Waals surface area contributed by atoms with Crippen LogP contribution in [-0.4, -0.2) is 42.2 Å². The van der Waals surface area contributed by atoms with Crippen molar-refractivity contribution in [1.29, 1.82) is 0 Å². The molecule has 0 bridgehead atoms. The van der Waals surface area contributed by atoms with E-state index >= 15 is 0 Å². The average molecular weight is 326 g/mol. The number of ether oxygens (including phenoxy) is 1. The van der Waals surface area contributed by atoms with Crippen molar-refractivity contribution in [3.05, 3.63) is 47.9 Å². The molecule has 0 aliphatic carbocycles. The number of aromatic nitrogens is 2. The lowest BCUT2D eigenvalue weighted by Gasteiger charge is -2.27. The molecule has 1 aromatic carbocycles. The molecular formula is C18H22N4O2.